The zero-order chi connectivity index (χ0) is 23.5. The smallest absolute Gasteiger partial charge is 0.341 e. The summed E-state index contributed by atoms with van der Waals surface area (Å²) in [7, 11) is 0. The highest BCUT2D eigenvalue weighted by atomic mass is 16.5. The summed E-state index contributed by atoms with van der Waals surface area (Å²) in [5.41, 5.74) is 6.67. The second-order valence-electron chi connectivity index (χ2n) is 8.58. The van der Waals surface area contributed by atoms with E-state index in [9.17, 15) is 4.79 Å². The first kappa shape index (κ1) is 22.0. The first-order valence-corrected chi connectivity index (χ1v) is 11.9. The number of nitrogens with zero attached hydrogens (tertiary/aromatic N) is 5. The van der Waals surface area contributed by atoms with Crippen LogP contribution in [0.3, 0.4) is 0 Å². The van der Waals surface area contributed by atoms with Crippen LogP contribution in [0.4, 0.5) is 0 Å². The highest BCUT2D eigenvalue weighted by Crippen LogP contribution is 2.42. The van der Waals surface area contributed by atoms with Crippen LogP contribution in [0.15, 0.2) is 48.5 Å². The molecule has 4 aromatic rings. The molecule has 174 valence electrons. The Balaban J connectivity index is 1.48. The zero-order valence-corrected chi connectivity index (χ0v) is 19.5. The van der Waals surface area contributed by atoms with Crippen LogP contribution in [0.1, 0.15) is 66.3 Å². The molecule has 34 heavy (non-hydrogen) atoms. The number of aryl methyl sites for hydroxylation is 1. The Kier molecular flexibility index (Phi) is 6.20. The van der Waals surface area contributed by atoms with Gasteiger partial charge in [0, 0.05) is 24.4 Å². The number of ether oxygens (including phenoxy) is 1. The number of tetrazole rings is 1. The van der Waals surface area contributed by atoms with Crippen molar-refractivity contribution in [3.05, 3.63) is 71.0 Å². The van der Waals surface area contributed by atoms with Gasteiger partial charge in [-0.05, 0) is 48.1 Å². The average molecular weight is 457 g/mol. The minimum absolute atomic E-state index is 0.257. The van der Waals surface area contributed by atoms with Crippen molar-refractivity contribution in [2.45, 2.75) is 52.0 Å². The Morgan fingerprint density at radius 1 is 1.09 bits per heavy atom. The monoisotopic (exact) mass is 456 g/mol. The molecule has 0 unspecified atom stereocenters. The van der Waals surface area contributed by atoms with Crippen molar-refractivity contribution in [1.82, 2.24) is 30.4 Å². The third kappa shape index (κ3) is 4.35. The molecular weight excluding hydrogens is 428 g/mol. The summed E-state index contributed by atoms with van der Waals surface area (Å²) >= 11 is 0. The number of H-pyrrole nitrogens is 1. The number of carbonyl (C=O) groups is 1. The van der Waals surface area contributed by atoms with Crippen molar-refractivity contribution >= 4 is 5.97 Å². The van der Waals surface area contributed by atoms with E-state index in [0.29, 0.717) is 30.3 Å². The third-order valence-corrected chi connectivity index (χ3v) is 6.11. The van der Waals surface area contributed by atoms with Gasteiger partial charge in [-0.2, -0.15) is 10.3 Å². The first-order chi connectivity index (χ1) is 16.7. The normalized spacial score (nSPS) is 13.2. The third-order valence-electron chi connectivity index (χ3n) is 6.11. The van der Waals surface area contributed by atoms with E-state index in [2.05, 4.69) is 57.9 Å². The van der Waals surface area contributed by atoms with E-state index in [4.69, 9.17) is 9.84 Å². The number of aromatic nitrogens is 6. The molecule has 2 aromatic carbocycles. The van der Waals surface area contributed by atoms with Crippen LogP contribution in [0.2, 0.25) is 0 Å². The summed E-state index contributed by atoms with van der Waals surface area (Å²) < 4.78 is 7.44. The van der Waals surface area contributed by atoms with Gasteiger partial charge in [-0.25, -0.2) is 4.79 Å². The summed E-state index contributed by atoms with van der Waals surface area (Å²) in [4.78, 5) is 12.9. The minimum Gasteiger partial charge on any atom is -0.462 e. The van der Waals surface area contributed by atoms with Gasteiger partial charge in [0.25, 0.3) is 0 Å². The molecule has 0 atom stereocenters. The van der Waals surface area contributed by atoms with Gasteiger partial charge in [-0.3, -0.25) is 4.68 Å². The predicted molar refractivity (Wildman–Crippen MR) is 128 cm³/mol. The van der Waals surface area contributed by atoms with Gasteiger partial charge < -0.3 is 4.74 Å². The van der Waals surface area contributed by atoms with Gasteiger partial charge >= 0.3 is 5.97 Å². The maximum absolute atomic E-state index is 12.9. The van der Waals surface area contributed by atoms with Crippen molar-refractivity contribution in [3.8, 4) is 22.5 Å². The van der Waals surface area contributed by atoms with E-state index in [0.717, 1.165) is 59.4 Å². The number of esters is 1. The largest absolute Gasteiger partial charge is 0.462 e. The minimum atomic E-state index is -0.257. The number of hydrogen-bond donors (Lipinski definition) is 1. The van der Waals surface area contributed by atoms with Gasteiger partial charge in [-0.1, -0.05) is 55.5 Å². The van der Waals surface area contributed by atoms with E-state index in [1.54, 1.807) is 0 Å². The molecule has 5 rings (SSSR count). The van der Waals surface area contributed by atoms with E-state index < -0.39 is 0 Å². The molecule has 0 amide bonds. The van der Waals surface area contributed by atoms with Crippen LogP contribution >= 0.6 is 0 Å². The van der Waals surface area contributed by atoms with E-state index in [1.165, 1.54) is 0 Å². The predicted octanol–water partition coefficient (Wildman–Crippen LogP) is 4.79. The average Bonchev–Trinajstić information content (AvgIpc) is 3.43. The van der Waals surface area contributed by atoms with Crippen LogP contribution in [0, 0.1) is 0 Å². The maximum atomic E-state index is 12.9. The molecule has 0 radical (unpaired) electrons. The maximum Gasteiger partial charge on any atom is 0.341 e. The standard InChI is InChI=1S/C26H28N6O2/c1-3-15-32-22(23(26(33)34-4-2)24(29-32)19-13-14-19)16-17-9-11-18(12-10-17)20-7-5-6-8-21(20)25-27-30-31-28-25/h5-12,19H,3-4,13-16H2,1-2H3,(H,27,28,30,31). The quantitative estimate of drug-likeness (QED) is 0.364. The van der Waals surface area contributed by atoms with E-state index in [-0.39, 0.29) is 5.97 Å². The zero-order valence-electron chi connectivity index (χ0n) is 19.5. The molecule has 8 nitrogen and oxygen atoms in total. The van der Waals surface area contributed by atoms with Crippen LogP contribution in [-0.2, 0) is 17.7 Å². The summed E-state index contributed by atoms with van der Waals surface area (Å²) in [6.45, 7) is 5.11. The molecule has 2 heterocycles. The first-order valence-electron chi connectivity index (χ1n) is 11.9. The van der Waals surface area contributed by atoms with Crippen molar-refractivity contribution in [3.63, 3.8) is 0 Å². The fourth-order valence-electron chi connectivity index (χ4n) is 4.36. The van der Waals surface area contributed by atoms with Gasteiger partial charge in [0.05, 0.1) is 18.0 Å². The fraction of sp³-hybridized carbons (Fsp3) is 0.346. The molecule has 1 aliphatic carbocycles. The summed E-state index contributed by atoms with van der Waals surface area (Å²) in [5, 5.41) is 19.3. The number of benzene rings is 2. The van der Waals surface area contributed by atoms with E-state index >= 15 is 0 Å². The van der Waals surface area contributed by atoms with Gasteiger partial charge in [0.1, 0.15) is 5.56 Å². The Morgan fingerprint density at radius 3 is 2.50 bits per heavy atom. The van der Waals surface area contributed by atoms with E-state index in [1.807, 2.05) is 29.8 Å². The number of carbonyl (C=O) groups excluding carboxylic acids is 1. The lowest BCUT2D eigenvalue weighted by molar-refractivity contribution is 0.0523. The molecule has 1 saturated carbocycles. The molecule has 0 saturated heterocycles. The lowest BCUT2D eigenvalue weighted by Gasteiger charge is -2.11. The molecule has 1 fully saturated rings. The molecule has 1 N–H and O–H groups in total. The Morgan fingerprint density at radius 2 is 1.85 bits per heavy atom. The highest BCUT2D eigenvalue weighted by molar-refractivity contribution is 5.92. The second kappa shape index (κ2) is 9.59. The molecule has 0 spiro atoms. The highest BCUT2D eigenvalue weighted by Gasteiger charge is 2.35. The molecule has 0 bridgehead atoms. The molecule has 0 aliphatic heterocycles. The number of hydrogen-bond acceptors (Lipinski definition) is 6. The van der Waals surface area contributed by atoms with Gasteiger partial charge in [-0.15, -0.1) is 10.2 Å². The molecule has 8 heteroatoms. The van der Waals surface area contributed by atoms with Gasteiger partial charge in [0.2, 0.25) is 5.82 Å². The summed E-state index contributed by atoms with van der Waals surface area (Å²) in [5.74, 6) is 0.683. The van der Waals surface area contributed by atoms with Crippen molar-refractivity contribution in [2.75, 3.05) is 6.61 Å². The molecule has 2 aromatic heterocycles. The van der Waals surface area contributed by atoms with Crippen LogP contribution in [-0.4, -0.2) is 43.0 Å². The fourth-order valence-corrected chi connectivity index (χ4v) is 4.36. The SMILES string of the molecule is CCCn1nc(C2CC2)c(C(=O)OCC)c1Cc1ccc(-c2ccccc2-c2nn[nH]n2)cc1. The Hall–Kier alpha value is -3.81. The van der Waals surface area contributed by atoms with Crippen LogP contribution in [0.5, 0.6) is 0 Å². The number of aromatic amines is 1. The lowest BCUT2D eigenvalue weighted by Crippen LogP contribution is -2.12. The Labute approximate surface area is 198 Å². The number of nitrogens with one attached hydrogen (secondary N) is 1. The number of rotatable bonds is 9. The summed E-state index contributed by atoms with van der Waals surface area (Å²) in [6.07, 6.45) is 3.75. The molecular formula is C26H28N6O2. The Bertz CT molecular complexity index is 1270. The van der Waals surface area contributed by atoms with Crippen molar-refractivity contribution in [2.24, 2.45) is 0 Å². The molecule has 1 aliphatic rings. The topological polar surface area (TPSA) is 98.6 Å². The van der Waals surface area contributed by atoms with Crippen LogP contribution in [0.25, 0.3) is 22.5 Å². The lowest BCUT2D eigenvalue weighted by atomic mass is 9.96. The van der Waals surface area contributed by atoms with Gasteiger partial charge in [0.15, 0.2) is 0 Å². The second-order valence-corrected chi connectivity index (χ2v) is 8.58. The van der Waals surface area contributed by atoms with Crippen LogP contribution < -0.4 is 0 Å². The van der Waals surface area contributed by atoms with Crippen molar-refractivity contribution < 1.29 is 9.53 Å². The van der Waals surface area contributed by atoms with Crippen molar-refractivity contribution in [1.29, 1.82) is 0 Å². The summed E-state index contributed by atoms with van der Waals surface area (Å²) in [6, 6.07) is 16.4.